The zero-order valence-corrected chi connectivity index (χ0v) is 14.0. The van der Waals surface area contributed by atoms with Crippen LogP contribution in [0.1, 0.15) is 52.9 Å². The summed E-state index contributed by atoms with van der Waals surface area (Å²) in [6, 6.07) is 1.13. The van der Waals surface area contributed by atoms with Gasteiger partial charge in [-0.25, -0.2) is 12.7 Å². The quantitative estimate of drug-likeness (QED) is 0.866. The van der Waals surface area contributed by atoms with Crippen molar-refractivity contribution < 1.29 is 8.42 Å². The maximum atomic E-state index is 11.8. The van der Waals surface area contributed by atoms with Crippen molar-refractivity contribution in [3.8, 4) is 0 Å². The lowest BCUT2D eigenvalue weighted by atomic mass is 9.79. The second-order valence-corrected chi connectivity index (χ2v) is 9.00. The number of piperidine rings is 1. The number of hydrogen-bond donors (Lipinski definition) is 1. The first-order chi connectivity index (χ1) is 9.42. The number of sulfonamides is 1. The molecule has 1 aliphatic heterocycles. The molecule has 20 heavy (non-hydrogen) atoms. The van der Waals surface area contributed by atoms with E-state index in [1.807, 2.05) is 0 Å². The van der Waals surface area contributed by atoms with Gasteiger partial charge in [0.2, 0.25) is 10.0 Å². The van der Waals surface area contributed by atoms with E-state index in [1.165, 1.54) is 19.3 Å². The van der Waals surface area contributed by atoms with Gasteiger partial charge >= 0.3 is 0 Å². The Morgan fingerprint density at radius 2 is 1.75 bits per heavy atom. The molecule has 4 nitrogen and oxygen atoms in total. The fraction of sp³-hybridized carbons (Fsp3) is 1.00. The van der Waals surface area contributed by atoms with E-state index in [1.54, 1.807) is 11.2 Å². The smallest absolute Gasteiger partial charge is 0.213 e. The summed E-state index contributed by atoms with van der Waals surface area (Å²) in [7, 11) is -2.99. The van der Waals surface area contributed by atoms with E-state index in [0.29, 0.717) is 25.2 Å². The third kappa shape index (κ3) is 3.95. The van der Waals surface area contributed by atoms with Crippen molar-refractivity contribution in [2.24, 2.45) is 11.8 Å². The number of hydrogen-bond acceptors (Lipinski definition) is 3. The molecule has 0 bridgehead atoms. The molecule has 2 rings (SSSR count). The summed E-state index contributed by atoms with van der Waals surface area (Å²) in [4.78, 5) is 0. The highest BCUT2D eigenvalue weighted by Crippen LogP contribution is 2.29. The van der Waals surface area contributed by atoms with Crippen LogP contribution >= 0.6 is 0 Å². The lowest BCUT2D eigenvalue weighted by Gasteiger charge is -2.38. The third-order valence-corrected chi connectivity index (χ3v) is 6.97. The van der Waals surface area contributed by atoms with E-state index in [0.717, 1.165) is 24.7 Å². The SMILES string of the molecule is CCS(=O)(=O)N1CCC(NC2CCC(C)CC2C)CC1. The molecule has 1 N–H and O–H groups in total. The van der Waals surface area contributed by atoms with Gasteiger partial charge in [-0.05, 0) is 50.9 Å². The van der Waals surface area contributed by atoms with Crippen molar-refractivity contribution in [3.63, 3.8) is 0 Å². The van der Waals surface area contributed by atoms with E-state index in [2.05, 4.69) is 19.2 Å². The molecule has 0 aromatic carbocycles. The Kier molecular flexibility index (Phi) is 5.49. The minimum absolute atomic E-state index is 0.225. The summed E-state index contributed by atoms with van der Waals surface area (Å²) in [5.41, 5.74) is 0. The first-order valence-electron chi connectivity index (χ1n) is 8.16. The predicted molar refractivity (Wildman–Crippen MR) is 83.2 cm³/mol. The Labute approximate surface area is 124 Å². The van der Waals surface area contributed by atoms with E-state index in [-0.39, 0.29) is 5.75 Å². The van der Waals surface area contributed by atoms with Crippen molar-refractivity contribution in [2.45, 2.75) is 65.0 Å². The highest BCUT2D eigenvalue weighted by Gasteiger charge is 2.30. The van der Waals surface area contributed by atoms with Crippen LogP contribution in [0.25, 0.3) is 0 Å². The van der Waals surface area contributed by atoms with Gasteiger partial charge in [-0.15, -0.1) is 0 Å². The number of nitrogens with one attached hydrogen (secondary N) is 1. The second-order valence-electron chi connectivity index (χ2n) is 6.74. The monoisotopic (exact) mass is 302 g/mol. The maximum absolute atomic E-state index is 11.8. The van der Waals surface area contributed by atoms with Gasteiger partial charge < -0.3 is 5.32 Å². The lowest BCUT2D eigenvalue weighted by Crippen LogP contribution is -2.50. The second kappa shape index (κ2) is 6.75. The highest BCUT2D eigenvalue weighted by atomic mass is 32.2. The molecule has 0 aromatic heterocycles. The van der Waals surface area contributed by atoms with Crippen molar-refractivity contribution in [2.75, 3.05) is 18.8 Å². The van der Waals surface area contributed by atoms with Crippen molar-refractivity contribution >= 4 is 10.0 Å². The fourth-order valence-corrected chi connectivity index (χ4v) is 4.83. The van der Waals surface area contributed by atoms with E-state index < -0.39 is 10.0 Å². The van der Waals surface area contributed by atoms with Crippen molar-refractivity contribution in [1.82, 2.24) is 9.62 Å². The summed E-state index contributed by atoms with van der Waals surface area (Å²) in [5, 5.41) is 3.80. The summed E-state index contributed by atoms with van der Waals surface area (Å²) in [5.74, 6) is 1.83. The lowest BCUT2D eigenvalue weighted by molar-refractivity contribution is 0.189. The molecule has 118 valence electrons. The molecule has 1 heterocycles. The molecule has 0 amide bonds. The molecular weight excluding hydrogens is 272 g/mol. The van der Waals surface area contributed by atoms with Crippen LogP contribution in [0.4, 0.5) is 0 Å². The molecule has 1 saturated carbocycles. The molecule has 3 atom stereocenters. The van der Waals surface area contributed by atoms with Gasteiger partial charge in [-0.3, -0.25) is 0 Å². The zero-order chi connectivity index (χ0) is 14.8. The predicted octanol–water partition coefficient (Wildman–Crippen LogP) is 2.21. The minimum Gasteiger partial charge on any atom is -0.311 e. The van der Waals surface area contributed by atoms with Crippen LogP contribution in [0.5, 0.6) is 0 Å². The Morgan fingerprint density at radius 3 is 2.30 bits per heavy atom. The van der Waals surface area contributed by atoms with Gasteiger partial charge in [0, 0.05) is 25.2 Å². The fourth-order valence-electron chi connectivity index (χ4n) is 3.70. The summed E-state index contributed by atoms with van der Waals surface area (Å²) >= 11 is 0. The molecule has 0 radical (unpaired) electrons. The van der Waals surface area contributed by atoms with Crippen molar-refractivity contribution in [3.05, 3.63) is 0 Å². The number of nitrogens with zero attached hydrogens (tertiary/aromatic N) is 1. The zero-order valence-electron chi connectivity index (χ0n) is 13.1. The van der Waals surface area contributed by atoms with Crippen molar-refractivity contribution in [1.29, 1.82) is 0 Å². The summed E-state index contributed by atoms with van der Waals surface area (Å²) in [6.07, 6.45) is 5.83. The average molecular weight is 302 g/mol. The van der Waals surface area contributed by atoms with Gasteiger partial charge in [0.1, 0.15) is 0 Å². The first kappa shape index (κ1) is 16.2. The van der Waals surface area contributed by atoms with Crippen LogP contribution in [-0.2, 0) is 10.0 Å². The molecule has 1 aliphatic carbocycles. The molecule has 3 unspecified atom stereocenters. The van der Waals surface area contributed by atoms with Crippen LogP contribution in [0, 0.1) is 11.8 Å². The van der Waals surface area contributed by atoms with Gasteiger partial charge in [0.05, 0.1) is 5.75 Å². The normalized spacial score (nSPS) is 34.2. The van der Waals surface area contributed by atoms with Gasteiger partial charge in [-0.1, -0.05) is 13.8 Å². The average Bonchev–Trinajstić information content (AvgIpc) is 2.42. The molecule has 2 fully saturated rings. The topological polar surface area (TPSA) is 49.4 Å². The molecule has 1 saturated heterocycles. The van der Waals surface area contributed by atoms with E-state index in [4.69, 9.17) is 0 Å². The third-order valence-electron chi connectivity index (χ3n) is 5.09. The van der Waals surface area contributed by atoms with Crippen LogP contribution in [0.15, 0.2) is 0 Å². The first-order valence-corrected chi connectivity index (χ1v) is 9.77. The van der Waals surface area contributed by atoms with Crippen LogP contribution in [-0.4, -0.2) is 43.6 Å². The largest absolute Gasteiger partial charge is 0.311 e. The number of rotatable bonds is 4. The molecule has 2 aliphatic rings. The van der Waals surface area contributed by atoms with Crippen LogP contribution in [0.3, 0.4) is 0 Å². The summed E-state index contributed by atoms with van der Waals surface area (Å²) in [6.45, 7) is 7.80. The van der Waals surface area contributed by atoms with Gasteiger partial charge in [0.15, 0.2) is 0 Å². The molecule has 0 spiro atoms. The molecular formula is C15H30N2O2S. The van der Waals surface area contributed by atoms with Gasteiger partial charge in [0.25, 0.3) is 0 Å². The maximum Gasteiger partial charge on any atom is 0.213 e. The molecule has 5 heteroatoms. The minimum atomic E-state index is -2.99. The van der Waals surface area contributed by atoms with E-state index in [9.17, 15) is 8.42 Å². The Balaban J connectivity index is 1.80. The van der Waals surface area contributed by atoms with E-state index >= 15 is 0 Å². The Morgan fingerprint density at radius 1 is 1.10 bits per heavy atom. The Hall–Kier alpha value is -0.130. The van der Waals surface area contributed by atoms with Crippen LogP contribution in [0.2, 0.25) is 0 Å². The molecule has 0 aromatic rings. The standard InChI is InChI=1S/C15H30N2O2S/c1-4-20(18,19)17-9-7-14(8-10-17)16-15-6-5-12(2)11-13(15)3/h12-16H,4-11H2,1-3H3. The summed E-state index contributed by atoms with van der Waals surface area (Å²) < 4.78 is 25.4. The highest BCUT2D eigenvalue weighted by molar-refractivity contribution is 7.89. The van der Waals surface area contributed by atoms with Gasteiger partial charge in [-0.2, -0.15) is 0 Å². The van der Waals surface area contributed by atoms with Crippen LogP contribution < -0.4 is 5.32 Å². The Bertz CT molecular complexity index is 402.